The Morgan fingerprint density at radius 2 is 2.11 bits per heavy atom. The SMILES string of the molecule is O[C@@H]1C=CC=C(I)[C@H]1O. The Kier molecular flexibility index (Phi) is 2.26. The van der Waals surface area contributed by atoms with Gasteiger partial charge in [-0.3, -0.25) is 0 Å². The molecule has 1 rings (SSSR count). The molecule has 0 bridgehead atoms. The van der Waals surface area contributed by atoms with Gasteiger partial charge in [0, 0.05) is 3.58 Å². The zero-order valence-corrected chi connectivity index (χ0v) is 6.82. The van der Waals surface area contributed by atoms with Gasteiger partial charge in [0.2, 0.25) is 0 Å². The normalized spacial score (nSPS) is 34.3. The predicted octanol–water partition coefficient (Wildman–Crippen LogP) is 0.597. The molecule has 0 saturated carbocycles. The van der Waals surface area contributed by atoms with Crippen molar-refractivity contribution in [2.45, 2.75) is 12.2 Å². The molecule has 0 aliphatic heterocycles. The van der Waals surface area contributed by atoms with Gasteiger partial charge in [-0.2, -0.15) is 0 Å². The van der Waals surface area contributed by atoms with Crippen molar-refractivity contribution in [2.75, 3.05) is 0 Å². The molecule has 50 valence electrons. The van der Waals surface area contributed by atoms with Crippen molar-refractivity contribution in [2.24, 2.45) is 0 Å². The van der Waals surface area contributed by atoms with Crippen LogP contribution in [0.1, 0.15) is 0 Å². The van der Waals surface area contributed by atoms with Crippen LogP contribution >= 0.6 is 22.6 Å². The molecular formula is C6H7IO2. The van der Waals surface area contributed by atoms with E-state index in [1.807, 2.05) is 22.6 Å². The fourth-order valence-corrected chi connectivity index (χ4v) is 1.20. The van der Waals surface area contributed by atoms with E-state index in [1.54, 1.807) is 18.2 Å². The minimum absolute atomic E-state index is 0.712. The van der Waals surface area contributed by atoms with E-state index in [2.05, 4.69) is 0 Å². The van der Waals surface area contributed by atoms with E-state index >= 15 is 0 Å². The quantitative estimate of drug-likeness (QED) is 0.606. The Morgan fingerprint density at radius 3 is 2.56 bits per heavy atom. The summed E-state index contributed by atoms with van der Waals surface area (Å²) < 4.78 is 0.780. The second-order valence-corrected chi connectivity index (χ2v) is 3.12. The molecule has 0 amide bonds. The molecule has 9 heavy (non-hydrogen) atoms. The van der Waals surface area contributed by atoms with E-state index in [9.17, 15) is 0 Å². The maximum atomic E-state index is 9.07. The van der Waals surface area contributed by atoms with Gasteiger partial charge in [-0.25, -0.2) is 0 Å². The van der Waals surface area contributed by atoms with E-state index in [0.29, 0.717) is 0 Å². The third kappa shape index (κ3) is 1.53. The summed E-state index contributed by atoms with van der Waals surface area (Å²) in [6.45, 7) is 0. The van der Waals surface area contributed by atoms with Crippen molar-refractivity contribution in [3.05, 3.63) is 21.8 Å². The minimum atomic E-state index is -0.720. The lowest BCUT2D eigenvalue weighted by Crippen LogP contribution is -2.25. The zero-order chi connectivity index (χ0) is 6.85. The van der Waals surface area contributed by atoms with Crippen molar-refractivity contribution < 1.29 is 10.2 Å². The van der Waals surface area contributed by atoms with Gasteiger partial charge in [0.05, 0.1) is 0 Å². The highest BCUT2D eigenvalue weighted by atomic mass is 127. The summed E-state index contributed by atoms with van der Waals surface area (Å²) in [6.07, 6.45) is 3.64. The summed E-state index contributed by atoms with van der Waals surface area (Å²) in [5.74, 6) is 0. The zero-order valence-electron chi connectivity index (χ0n) is 4.66. The predicted molar refractivity (Wildman–Crippen MR) is 43.3 cm³/mol. The van der Waals surface area contributed by atoms with Crippen molar-refractivity contribution in [1.29, 1.82) is 0 Å². The van der Waals surface area contributed by atoms with Crippen LogP contribution in [0.2, 0.25) is 0 Å². The number of hydrogen-bond donors (Lipinski definition) is 2. The number of aliphatic hydroxyl groups excluding tert-OH is 2. The number of rotatable bonds is 0. The van der Waals surface area contributed by atoms with Crippen LogP contribution in [-0.4, -0.2) is 22.4 Å². The van der Waals surface area contributed by atoms with Gasteiger partial charge in [-0.05, 0) is 22.6 Å². The Morgan fingerprint density at radius 1 is 1.44 bits per heavy atom. The Bertz CT molecular complexity index is 162. The fourth-order valence-electron chi connectivity index (χ4n) is 0.628. The summed E-state index contributed by atoms with van der Waals surface area (Å²) in [5.41, 5.74) is 0. The van der Waals surface area contributed by atoms with Crippen LogP contribution in [0.3, 0.4) is 0 Å². The maximum Gasteiger partial charge on any atom is 0.114 e. The molecule has 0 heterocycles. The molecular weight excluding hydrogens is 231 g/mol. The highest BCUT2D eigenvalue weighted by molar-refractivity contribution is 14.1. The van der Waals surface area contributed by atoms with Crippen LogP contribution < -0.4 is 0 Å². The van der Waals surface area contributed by atoms with Gasteiger partial charge >= 0.3 is 0 Å². The first-order valence-corrected chi connectivity index (χ1v) is 3.69. The first kappa shape index (κ1) is 7.24. The van der Waals surface area contributed by atoms with E-state index < -0.39 is 12.2 Å². The standard InChI is InChI=1S/C6H7IO2/c7-4-2-1-3-5(8)6(4)9/h1-3,5-6,8-9H/t5-,6-/m1/s1. The Balaban J connectivity index is 2.73. The second kappa shape index (κ2) is 2.81. The summed E-state index contributed by atoms with van der Waals surface area (Å²) >= 11 is 2.00. The molecule has 0 fully saturated rings. The van der Waals surface area contributed by atoms with Gasteiger partial charge in [0.15, 0.2) is 0 Å². The van der Waals surface area contributed by atoms with Crippen LogP contribution in [0.15, 0.2) is 21.8 Å². The monoisotopic (exact) mass is 238 g/mol. The van der Waals surface area contributed by atoms with Gasteiger partial charge in [-0.15, -0.1) is 0 Å². The maximum absolute atomic E-state index is 9.07. The van der Waals surface area contributed by atoms with E-state index in [4.69, 9.17) is 10.2 Å². The fraction of sp³-hybridized carbons (Fsp3) is 0.333. The summed E-state index contributed by atoms with van der Waals surface area (Å²) in [4.78, 5) is 0. The third-order valence-electron chi connectivity index (χ3n) is 1.17. The molecule has 1 aliphatic carbocycles. The molecule has 0 radical (unpaired) electrons. The van der Waals surface area contributed by atoms with Gasteiger partial charge < -0.3 is 10.2 Å². The van der Waals surface area contributed by atoms with Crippen LogP contribution in [0.25, 0.3) is 0 Å². The third-order valence-corrected chi connectivity index (χ3v) is 2.17. The molecule has 0 aromatic heterocycles. The number of hydrogen-bond acceptors (Lipinski definition) is 2. The first-order valence-electron chi connectivity index (χ1n) is 2.62. The molecule has 0 aromatic carbocycles. The summed E-state index contributed by atoms with van der Waals surface area (Å²) in [7, 11) is 0. The smallest absolute Gasteiger partial charge is 0.114 e. The Hall–Kier alpha value is 0.130. The van der Waals surface area contributed by atoms with Crippen LogP contribution in [0.4, 0.5) is 0 Å². The molecule has 1 aliphatic rings. The van der Waals surface area contributed by atoms with E-state index in [0.717, 1.165) is 3.58 Å². The average Bonchev–Trinajstić information content (AvgIpc) is 1.83. The molecule has 0 unspecified atom stereocenters. The van der Waals surface area contributed by atoms with E-state index in [1.165, 1.54) is 0 Å². The van der Waals surface area contributed by atoms with Crippen LogP contribution in [0, 0.1) is 0 Å². The lowest BCUT2D eigenvalue weighted by Gasteiger charge is -2.16. The molecule has 2 nitrogen and oxygen atoms in total. The molecule has 2 N–H and O–H groups in total. The number of halogens is 1. The van der Waals surface area contributed by atoms with Gasteiger partial charge in [0.1, 0.15) is 12.2 Å². The molecule has 0 saturated heterocycles. The van der Waals surface area contributed by atoms with E-state index in [-0.39, 0.29) is 0 Å². The van der Waals surface area contributed by atoms with Crippen LogP contribution in [0.5, 0.6) is 0 Å². The highest BCUT2D eigenvalue weighted by Gasteiger charge is 2.17. The lowest BCUT2D eigenvalue weighted by atomic mass is 10.1. The summed E-state index contributed by atoms with van der Waals surface area (Å²) in [5, 5.41) is 18.0. The second-order valence-electron chi connectivity index (χ2n) is 1.87. The van der Waals surface area contributed by atoms with Crippen molar-refractivity contribution in [3.63, 3.8) is 0 Å². The van der Waals surface area contributed by atoms with Crippen LogP contribution in [-0.2, 0) is 0 Å². The van der Waals surface area contributed by atoms with Gasteiger partial charge in [-0.1, -0.05) is 18.2 Å². The van der Waals surface area contributed by atoms with Crippen molar-refractivity contribution >= 4 is 22.6 Å². The van der Waals surface area contributed by atoms with Crippen molar-refractivity contribution in [1.82, 2.24) is 0 Å². The molecule has 3 heteroatoms. The molecule has 2 atom stereocenters. The molecule has 0 aromatic rings. The number of allylic oxidation sites excluding steroid dienone is 2. The summed E-state index contributed by atoms with van der Waals surface area (Å²) in [6, 6.07) is 0. The average molecular weight is 238 g/mol. The Labute approximate surface area is 67.0 Å². The largest absolute Gasteiger partial charge is 0.386 e. The highest BCUT2D eigenvalue weighted by Crippen LogP contribution is 2.18. The number of aliphatic hydroxyl groups is 2. The molecule has 0 spiro atoms. The minimum Gasteiger partial charge on any atom is -0.386 e. The first-order chi connectivity index (χ1) is 4.22. The topological polar surface area (TPSA) is 40.5 Å². The van der Waals surface area contributed by atoms with Gasteiger partial charge in [0.25, 0.3) is 0 Å². The lowest BCUT2D eigenvalue weighted by molar-refractivity contribution is 0.0782. The van der Waals surface area contributed by atoms with Crippen molar-refractivity contribution in [3.8, 4) is 0 Å².